The van der Waals surface area contributed by atoms with Crippen molar-refractivity contribution in [3.8, 4) is 0 Å². The summed E-state index contributed by atoms with van der Waals surface area (Å²) >= 11 is 0. The molecule has 2 amide bonds. The number of carbonyl (C=O) groups excluding carboxylic acids is 2. The van der Waals surface area contributed by atoms with Crippen molar-refractivity contribution in [3.05, 3.63) is 66.2 Å². The van der Waals surface area contributed by atoms with E-state index >= 15 is 0 Å². The van der Waals surface area contributed by atoms with Crippen LogP contribution in [0.15, 0.2) is 54.7 Å². The van der Waals surface area contributed by atoms with Gasteiger partial charge in [-0.05, 0) is 45.0 Å². The Bertz CT molecular complexity index is 945. The van der Waals surface area contributed by atoms with Gasteiger partial charge in [-0.15, -0.1) is 0 Å². The van der Waals surface area contributed by atoms with Gasteiger partial charge in [0.15, 0.2) is 5.69 Å². The van der Waals surface area contributed by atoms with Crippen LogP contribution in [0.5, 0.6) is 0 Å². The van der Waals surface area contributed by atoms with Crippen molar-refractivity contribution in [1.82, 2.24) is 14.3 Å². The van der Waals surface area contributed by atoms with E-state index in [0.29, 0.717) is 25.2 Å². The van der Waals surface area contributed by atoms with Crippen molar-refractivity contribution in [2.24, 2.45) is 0 Å². The molecule has 0 aliphatic rings. The molecule has 3 rings (SSSR count). The normalized spacial score (nSPS) is 10.8. The minimum Gasteiger partial charge on any atom is -0.337 e. The highest BCUT2D eigenvalue weighted by molar-refractivity contribution is 6.10. The molecule has 0 aliphatic heterocycles. The second kappa shape index (κ2) is 8.03. The summed E-state index contributed by atoms with van der Waals surface area (Å²) in [6.07, 6.45) is 1.77. The number of amides is 2. The van der Waals surface area contributed by atoms with Crippen LogP contribution in [0.4, 0.5) is 5.69 Å². The zero-order valence-electron chi connectivity index (χ0n) is 15.9. The first-order chi connectivity index (χ1) is 13.1. The summed E-state index contributed by atoms with van der Waals surface area (Å²) < 4.78 is 1.70. The van der Waals surface area contributed by atoms with Crippen LogP contribution in [0, 0.1) is 0 Å². The second-order valence-corrected chi connectivity index (χ2v) is 6.10. The molecule has 0 aliphatic carbocycles. The third kappa shape index (κ3) is 3.43. The molecule has 6 nitrogen and oxygen atoms in total. The van der Waals surface area contributed by atoms with Crippen molar-refractivity contribution >= 4 is 23.0 Å². The third-order valence-corrected chi connectivity index (χ3v) is 4.62. The van der Waals surface area contributed by atoms with E-state index in [2.05, 4.69) is 4.98 Å². The molecule has 27 heavy (non-hydrogen) atoms. The fourth-order valence-electron chi connectivity index (χ4n) is 3.18. The number of para-hydroxylation sites is 1. The van der Waals surface area contributed by atoms with E-state index in [-0.39, 0.29) is 23.3 Å². The highest BCUT2D eigenvalue weighted by atomic mass is 16.2. The van der Waals surface area contributed by atoms with Crippen molar-refractivity contribution < 1.29 is 9.59 Å². The van der Waals surface area contributed by atoms with Crippen LogP contribution < -0.4 is 4.90 Å². The van der Waals surface area contributed by atoms with Gasteiger partial charge in [-0.25, -0.2) is 4.98 Å². The Balaban J connectivity index is 2.09. The molecule has 3 aromatic rings. The number of carbonyl (C=O) groups is 2. The maximum Gasteiger partial charge on any atom is 0.290 e. The lowest BCUT2D eigenvalue weighted by Crippen LogP contribution is -2.32. The van der Waals surface area contributed by atoms with Crippen LogP contribution in [0.25, 0.3) is 5.52 Å². The van der Waals surface area contributed by atoms with Gasteiger partial charge in [-0.3, -0.25) is 14.0 Å². The number of fused-ring (bicyclic) bond motifs is 1. The number of aromatic nitrogens is 2. The molecule has 0 N–H and O–H groups in total. The van der Waals surface area contributed by atoms with Gasteiger partial charge in [-0.1, -0.05) is 24.3 Å². The lowest BCUT2D eigenvalue weighted by molar-refractivity contribution is 0.0760. The van der Waals surface area contributed by atoms with Gasteiger partial charge in [0, 0.05) is 31.5 Å². The molecule has 2 heterocycles. The smallest absolute Gasteiger partial charge is 0.290 e. The number of nitrogens with zero attached hydrogens (tertiary/aromatic N) is 4. The van der Waals surface area contributed by atoms with E-state index in [4.69, 9.17) is 0 Å². The number of benzene rings is 1. The summed E-state index contributed by atoms with van der Waals surface area (Å²) in [5.74, 6) is -0.129. The predicted molar refractivity (Wildman–Crippen MR) is 106 cm³/mol. The number of hydrogen-bond donors (Lipinski definition) is 0. The third-order valence-electron chi connectivity index (χ3n) is 4.62. The maximum atomic E-state index is 13.3. The van der Waals surface area contributed by atoms with E-state index in [1.54, 1.807) is 20.4 Å². The minimum absolute atomic E-state index is 0.178. The summed E-state index contributed by atoms with van der Waals surface area (Å²) in [5, 5.41) is 0. The summed E-state index contributed by atoms with van der Waals surface area (Å²) in [4.78, 5) is 34.0. The molecular weight excluding hydrogens is 340 g/mol. The van der Waals surface area contributed by atoms with Crippen LogP contribution in [-0.4, -0.2) is 45.7 Å². The number of anilines is 1. The molecule has 0 atom stereocenters. The Morgan fingerprint density at radius 1 is 0.889 bits per heavy atom. The Morgan fingerprint density at radius 3 is 2.19 bits per heavy atom. The standard InChI is InChI=1S/C21H24N4O2/c1-4-23(5-2)21(27)19-22-18(17-14-10-11-15-25(17)19)20(26)24(6-3)16-12-8-7-9-13-16/h7-15H,4-6H2,1-3H3. The van der Waals surface area contributed by atoms with Gasteiger partial charge >= 0.3 is 0 Å². The monoisotopic (exact) mass is 364 g/mol. The van der Waals surface area contributed by atoms with E-state index in [0.717, 1.165) is 5.69 Å². The molecule has 1 aromatic carbocycles. The summed E-state index contributed by atoms with van der Waals surface area (Å²) in [6, 6.07) is 15.0. The van der Waals surface area contributed by atoms with Crippen LogP contribution in [0.1, 0.15) is 41.9 Å². The average molecular weight is 364 g/mol. The highest BCUT2D eigenvalue weighted by Gasteiger charge is 2.26. The first kappa shape index (κ1) is 18.6. The van der Waals surface area contributed by atoms with E-state index in [1.165, 1.54) is 0 Å². The first-order valence-corrected chi connectivity index (χ1v) is 9.25. The van der Waals surface area contributed by atoms with Crippen molar-refractivity contribution in [1.29, 1.82) is 0 Å². The molecule has 2 aromatic heterocycles. The van der Waals surface area contributed by atoms with Gasteiger partial charge < -0.3 is 9.80 Å². The Kier molecular flexibility index (Phi) is 5.54. The largest absolute Gasteiger partial charge is 0.337 e. The average Bonchev–Trinajstić information content (AvgIpc) is 3.10. The zero-order chi connectivity index (χ0) is 19.4. The zero-order valence-corrected chi connectivity index (χ0v) is 15.9. The number of imidazole rings is 1. The fourth-order valence-corrected chi connectivity index (χ4v) is 3.18. The lowest BCUT2D eigenvalue weighted by atomic mass is 10.2. The predicted octanol–water partition coefficient (Wildman–Crippen LogP) is 3.48. The van der Waals surface area contributed by atoms with E-state index in [9.17, 15) is 9.59 Å². The van der Waals surface area contributed by atoms with Crippen LogP contribution >= 0.6 is 0 Å². The molecule has 0 saturated carbocycles. The van der Waals surface area contributed by atoms with Gasteiger partial charge in [0.1, 0.15) is 0 Å². The maximum absolute atomic E-state index is 13.3. The molecule has 0 fully saturated rings. The summed E-state index contributed by atoms with van der Waals surface area (Å²) in [5.41, 5.74) is 1.72. The van der Waals surface area contributed by atoms with Crippen molar-refractivity contribution in [2.45, 2.75) is 20.8 Å². The summed E-state index contributed by atoms with van der Waals surface area (Å²) in [7, 11) is 0. The quantitative estimate of drug-likeness (QED) is 0.673. The molecule has 6 heteroatoms. The molecule has 0 radical (unpaired) electrons. The lowest BCUT2D eigenvalue weighted by Gasteiger charge is -2.20. The van der Waals surface area contributed by atoms with E-state index < -0.39 is 0 Å². The minimum atomic E-state index is -0.217. The Hall–Kier alpha value is -3.15. The van der Waals surface area contributed by atoms with E-state index in [1.807, 2.05) is 69.3 Å². The Morgan fingerprint density at radius 2 is 1.56 bits per heavy atom. The highest BCUT2D eigenvalue weighted by Crippen LogP contribution is 2.21. The molecule has 0 spiro atoms. The number of rotatable bonds is 6. The number of hydrogen-bond acceptors (Lipinski definition) is 3. The van der Waals surface area contributed by atoms with Gasteiger partial charge in [0.05, 0.1) is 5.52 Å². The fraction of sp³-hybridized carbons (Fsp3) is 0.286. The van der Waals surface area contributed by atoms with Gasteiger partial charge in [0.2, 0.25) is 5.82 Å². The topological polar surface area (TPSA) is 57.9 Å². The molecule has 0 bridgehead atoms. The molecule has 0 saturated heterocycles. The molecule has 140 valence electrons. The second-order valence-electron chi connectivity index (χ2n) is 6.10. The van der Waals surface area contributed by atoms with Crippen LogP contribution in [0.2, 0.25) is 0 Å². The Labute approximate surface area is 159 Å². The first-order valence-electron chi connectivity index (χ1n) is 9.25. The van der Waals surface area contributed by atoms with Crippen LogP contribution in [0.3, 0.4) is 0 Å². The molecule has 0 unspecified atom stereocenters. The molecular formula is C21H24N4O2. The van der Waals surface area contributed by atoms with Crippen molar-refractivity contribution in [3.63, 3.8) is 0 Å². The van der Waals surface area contributed by atoms with Crippen molar-refractivity contribution in [2.75, 3.05) is 24.5 Å². The number of pyridine rings is 1. The van der Waals surface area contributed by atoms with Crippen LogP contribution in [-0.2, 0) is 0 Å². The van der Waals surface area contributed by atoms with Gasteiger partial charge in [-0.2, -0.15) is 0 Å². The SMILES string of the molecule is CCN(CC)C(=O)c1nc(C(=O)N(CC)c2ccccc2)c2ccccn12. The van der Waals surface area contributed by atoms with Gasteiger partial charge in [0.25, 0.3) is 11.8 Å². The summed E-state index contributed by atoms with van der Waals surface area (Å²) in [6.45, 7) is 7.46.